The summed E-state index contributed by atoms with van der Waals surface area (Å²) in [5.74, 6) is -0.302. The molecule has 0 saturated heterocycles. The van der Waals surface area contributed by atoms with E-state index in [9.17, 15) is 30.2 Å². The Morgan fingerprint density at radius 1 is 1.16 bits per heavy atom. The van der Waals surface area contributed by atoms with Crippen molar-refractivity contribution in [3.05, 3.63) is 47.6 Å². The SMILES string of the molecule is COC(=O)[C@H](Cc1ccc([O-])c(N(O)O)c1)NC(=O)CON=C1C=C[C@@]2(C)C(=C1)CC[C@@H]1[C@H]2CC[C@@]2(C)[C@H]1CC[C@]2(C)O. The third-order valence-corrected chi connectivity index (χ3v) is 11.0. The third kappa shape index (κ3) is 5.65. The molecule has 3 saturated carbocycles. The zero-order valence-electron chi connectivity index (χ0n) is 25.2. The maximum absolute atomic E-state index is 12.6. The lowest BCUT2D eigenvalue weighted by Gasteiger charge is -2.58. The van der Waals surface area contributed by atoms with Gasteiger partial charge < -0.3 is 25.1 Å². The van der Waals surface area contributed by atoms with Crippen LogP contribution in [0.1, 0.15) is 64.9 Å². The molecule has 1 amide bonds. The zero-order chi connectivity index (χ0) is 31.2. The smallest absolute Gasteiger partial charge is 0.328 e. The van der Waals surface area contributed by atoms with E-state index in [4.69, 9.17) is 9.57 Å². The number of ether oxygens (including phenoxy) is 1. The second-order valence-electron chi connectivity index (χ2n) is 13.2. The number of hydrogen-bond acceptors (Lipinski definition) is 10. The molecule has 1 aromatic carbocycles. The number of carbonyl (C=O) groups is 2. The van der Waals surface area contributed by atoms with Crippen molar-refractivity contribution in [1.29, 1.82) is 0 Å². The molecule has 3 fully saturated rings. The molecule has 0 heterocycles. The second kappa shape index (κ2) is 11.6. The van der Waals surface area contributed by atoms with E-state index in [1.165, 1.54) is 24.8 Å². The average molecular weight is 597 g/mol. The lowest BCUT2D eigenvalue weighted by molar-refractivity contribution is -0.268. The molecule has 4 N–H and O–H groups in total. The first-order chi connectivity index (χ1) is 20.3. The van der Waals surface area contributed by atoms with Crippen molar-refractivity contribution < 1.29 is 39.8 Å². The highest BCUT2D eigenvalue weighted by atomic mass is 16.8. The standard InChI is InChI=1S/C32H43N3O8/c1-30-12-9-21(17-20(30)6-7-22-23(30)10-13-31(2)24(22)11-14-32(31,3)39)34-43-18-28(37)33-25(29(38)42-4)15-19-5-8-27(36)26(16-19)35(40)41/h5,8-9,12,16-17,22-25,36,39-41H,6-7,10-11,13-15,18H2,1-4H3,(H,33,37)/p-1/t22-,23-,24+,25+,30+,31+,32+/m1/s1. The van der Waals surface area contributed by atoms with Gasteiger partial charge in [-0.2, -0.15) is 0 Å². The number of rotatable bonds is 8. The Bertz CT molecular complexity index is 1350. The van der Waals surface area contributed by atoms with E-state index in [2.05, 4.69) is 36.5 Å². The molecule has 7 atom stereocenters. The molecule has 4 aliphatic rings. The van der Waals surface area contributed by atoms with Gasteiger partial charge in [-0.25, -0.2) is 4.79 Å². The number of anilines is 1. The fourth-order valence-electron chi connectivity index (χ4n) is 8.33. The van der Waals surface area contributed by atoms with Crippen LogP contribution in [-0.2, 0) is 25.6 Å². The van der Waals surface area contributed by atoms with Gasteiger partial charge in [0.25, 0.3) is 5.91 Å². The van der Waals surface area contributed by atoms with Crippen molar-refractivity contribution in [2.45, 2.75) is 77.4 Å². The Morgan fingerprint density at radius 3 is 2.63 bits per heavy atom. The number of esters is 1. The van der Waals surface area contributed by atoms with Gasteiger partial charge in [0.1, 0.15) is 11.8 Å². The van der Waals surface area contributed by atoms with Crippen LogP contribution in [0.4, 0.5) is 5.69 Å². The number of carbonyl (C=O) groups excluding carboxylic acids is 2. The number of methoxy groups -OCH3 is 1. The van der Waals surface area contributed by atoms with E-state index in [0.29, 0.717) is 29.0 Å². The van der Waals surface area contributed by atoms with Crippen LogP contribution in [0.25, 0.3) is 0 Å². The van der Waals surface area contributed by atoms with E-state index < -0.39 is 35.9 Å². The fourth-order valence-corrected chi connectivity index (χ4v) is 8.33. The summed E-state index contributed by atoms with van der Waals surface area (Å²) in [4.78, 5) is 30.3. The highest BCUT2D eigenvalue weighted by molar-refractivity contribution is 6.05. The summed E-state index contributed by atoms with van der Waals surface area (Å²) < 4.78 is 4.80. The maximum Gasteiger partial charge on any atom is 0.328 e. The van der Waals surface area contributed by atoms with Crippen molar-refractivity contribution in [2.75, 3.05) is 18.9 Å². The minimum atomic E-state index is -1.10. The molecule has 43 heavy (non-hydrogen) atoms. The highest BCUT2D eigenvalue weighted by Gasteiger charge is 2.62. The van der Waals surface area contributed by atoms with Crippen molar-refractivity contribution in [3.63, 3.8) is 0 Å². The molecule has 11 nitrogen and oxygen atoms in total. The van der Waals surface area contributed by atoms with Crippen LogP contribution in [0.15, 0.2) is 47.2 Å². The van der Waals surface area contributed by atoms with Crippen LogP contribution >= 0.6 is 0 Å². The third-order valence-electron chi connectivity index (χ3n) is 11.0. The lowest BCUT2D eigenvalue weighted by Crippen LogP contribution is -2.53. The Kier molecular flexibility index (Phi) is 8.36. The molecular formula is C32H42N3O8-. The van der Waals surface area contributed by atoms with Gasteiger partial charge in [-0.3, -0.25) is 15.2 Å². The van der Waals surface area contributed by atoms with Crippen LogP contribution in [-0.4, -0.2) is 58.5 Å². The number of amides is 1. The van der Waals surface area contributed by atoms with E-state index in [-0.39, 0.29) is 28.2 Å². The van der Waals surface area contributed by atoms with Crippen molar-refractivity contribution in [1.82, 2.24) is 5.32 Å². The Labute approximate surface area is 251 Å². The van der Waals surface area contributed by atoms with Gasteiger partial charge in [-0.15, -0.1) is 5.23 Å². The Hall–Kier alpha value is -3.41. The molecular weight excluding hydrogens is 554 g/mol. The predicted octanol–water partition coefficient (Wildman–Crippen LogP) is 3.41. The summed E-state index contributed by atoms with van der Waals surface area (Å²) in [6, 6.07) is 2.67. The quantitative estimate of drug-likeness (QED) is 0.260. The predicted molar refractivity (Wildman–Crippen MR) is 155 cm³/mol. The molecule has 234 valence electrons. The second-order valence-corrected chi connectivity index (χ2v) is 13.2. The monoisotopic (exact) mass is 596 g/mol. The summed E-state index contributed by atoms with van der Waals surface area (Å²) >= 11 is 0. The number of benzene rings is 1. The first-order valence-corrected chi connectivity index (χ1v) is 15.0. The van der Waals surface area contributed by atoms with Gasteiger partial charge in [0.05, 0.1) is 18.4 Å². The summed E-state index contributed by atoms with van der Waals surface area (Å²) in [7, 11) is 1.19. The average Bonchev–Trinajstić information content (AvgIpc) is 3.21. The minimum absolute atomic E-state index is 0.0252. The van der Waals surface area contributed by atoms with Gasteiger partial charge in [0.2, 0.25) is 0 Å². The number of hydrogen-bond donors (Lipinski definition) is 4. The molecule has 4 aliphatic carbocycles. The highest BCUT2D eigenvalue weighted by Crippen LogP contribution is 2.66. The van der Waals surface area contributed by atoms with Crippen LogP contribution in [0, 0.1) is 28.6 Å². The normalized spacial score (nSPS) is 34.3. The van der Waals surface area contributed by atoms with Gasteiger partial charge in [0.15, 0.2) is 6.61 Å². The first kappa shape index (κ1) is 31.0. The van der Waals surface area contributed by atoms with E-state index in [0.717, 1.165) is 44.6 Å². The van der Waals surface area contributed by atoms with E-state index in [1.54, 1.807) is 0 Å². The molecule has 0 unspecified atom stereocenters. The number of fused-ring (bicyclic) bond motifs is 5. The minimum Gasteiger partial charge on any atom is -0.871 e. The number of nitrogens with zero attached hydrogens (tertiary/aromatic N) is 2. The van der Waals surface area contributed by atoms with Gasteiger partial charge in [-0.1, -0.05) is 48.5 Å². The number of oxime groups is 1. The summed E-state index contributed by atoms with van der Waals surface area (Å²) in [5, 5.41) is 47.8. The molecule has 0 spiro atoms. The van der Waals surface area contributed by atoms with Crippen molar-refractivity contribution in [2.24, 2.45) is 33.7 Å². The molecule has 0 bridgehead atoms. The summed E-state index contributed by atoms with van der Waals surface area (Å²) in [6.07, 6.45) is 12.3. The summed E-state index contributed by atoms with van der Waals surface area (Å²) in [5.41, 5.74) is 1.25. The van der Waals surface area contributed by atoms with Crippen LogP contribution < -0.4 is 15.6 Å². The van der Waals surface area contributed by atoms with Gasteiger partial charge >= 0.3 is 5.97 Å². The Balaban J connectivity index is 1.20. The number of aliphatic hydroxyl groups is 1. The van der Waals surface area contributed by atoms with Crippen LogP contribution in [0.5, 0.6) is 5.75 Å². The number of allylic oxidation sites excluding steroid dienone is 4. The maximum atomic E-state index is 12.6. The first-order valence-electron chi connectivity index (χ1n) is 15.0. The molecule has 0 aliphatic heterocycles. The molecule has 5 rings (SSSR count). The molecule has 0 aromatic heterocycles. The van der Waals surface area contributed by atoms with E-state index in [1.807, 2.05) is 13.0 Å². The molecule has 11 heteroatoms. The van der Waals surface area contributed by atoms with Crippen molar-refractivity contribution >= 4 is 23.3 Å². The summed E-state index contributed by atoms with van der Waals surface area (Å²) in [6.45, 7) is 6.20. The Morgan fingerprint density at radius 2 is 1.91 bits per heavy atom. The topological polar surface area (TPSA) is 164 Å². The lowest BCUT2D eigenvalue weighted by atomic mass is 9.47. The van der Waals surface area contributed by atoms with E-state index >= 15 is 0 Å². The fraction of sp³-hybridized carbons (Fsp3) is 0.594. The van der Waals surface area contributed by atoms with Crippen LogP contribution in [0.2, 0.25) is 0 Å². The van der Waals surface area contributed by atoms with Gasteiger partial charge in [-0.05, 0) is 92.4 Å². The van der Waals surface area contributed by atoms with Gasteiger partial charge in [0, 0.05) is 11.8 Å². The molecule has 1 aromatic rings. The van der Waals surface area contributed by atoms with Crippen molar-refractivity contribution in [3.8, 4) is 5.75 Å². The molecule has 0 radical (unpaired) electrons. The number of nitrogens with one attached hydrogen (secondary N) is 1. The zero-order valence-corrected chi connectivity index (χ0v) is 25.2. The van der Waals surface area contributed by atoms with Crippen LogP contribution in [0.3, 0.4) is 0 Å². The largest absolute Gasteiger partial charge is 0.871 e.